The number of benzene rings is 1. The van der Waals surface area contributed by atoms with Crippen LogP contribution in [-0.4, -0.2) is 24.0 Å². The zero-order chi connectivity index (χ0) is 13.0. The molecule has 1 aliphatic rings. The smallest absolute Gasteiger partial charge is 0.0450 e. The molecule has 1 saturated heterocycles. The highest BCUT2D eigenvalue weighted by Crippen LogP contribution is 2.22. The molecule has 1 heterocycles. The van der Waals surface area contributed by atoms with Gasteiger partial charge in [0.15, 0.2) is 0 Å². The van der Waals surface area contributed by atoms with Crippen molar-refractivity contribution in [3.8, 4) is 0 Å². The predicted molar refractivity (Wildman–Crippen MR) is 77.6 cm³/mol. The van der Waals surface area contributed by atoms with Gasteiger partial charge in [-0.25, -0.2) is 0 Å². The summed E-state index contributed by atoms with van der Waals surface area (Å²) >= 11 is 0. The molecule has 0 spiro atoms. The molecule has 0 bridgehead atoms. The lowest BCUT2D eigenvalue weighted by Crippen LogP contribution is -2.43. The molecule has 0 amide bonds. The summed E-state index contributed by atoms with van der Waals surface area (Å²) in [5.74, 6) is 0. The van der Waals surface area contributed by atoms with Crippen LogP contribution in [0, 0.1) is 0 Å². The molecular weight excluding hydrogens is 220 g/mol. The molecule has 1 aromatic carbocycles. The van der Waals surface area contributed by atoms with Gasteiger partial charge < -0.3 is 5.73 Å². The average Bonchev–Trinajstić information content (AvgIpc) is 2.47. The highest BCUT2D eigenvalue weighted by Gasteiger charge is 2.23. The normalized spacial score (nSPS) is 20.6. The Morgan fingerprint density at radius 3 is 2.28 bits per heavy atom. The SMILES string of the molecule is CCc1ccc(C(N)C(C)N2CCCCC2)cc1. The number of hydrogen-bond donors (Lipinski definition) is 1. The third-order valence-electron chi connectivity index (χ3n) is 4.26. The van der Waals surface area contributed by atoms with Gasteiger partial charge in [-0.3, -0.25) is 4.90 Å². The quantitative estimate of drug-likeness (QED) is 0.884. The van der Waals surface area contributed by atoms with Crippen molar-refractivity contribution in [2.45, 2.75) is 51.6 Å². The summed E-state index contributed by atoms with van der Waals surface area (Å²) in [6.07, 6.45) is 5.12. The van der Waals surface area contributed by atoms with Crippen LogP contribution in [0.4, 0.5) is 0 Å². The Balaban J connectivity index is 2.01. The number of nitrogens with two attached hydrogens (primary N) is 1. The van der Waals surface area contributed by atoms with Crippen LogP contribution >= 0.6 is 0 Å². The van der Waals surface area contributed by atoms with Crippen LogP contribution in [0.25, 0.3) is 0 Å². The Morgan fingerprint density at radius 1 is 1.11 bits per heavy atom. The average molecular weight is 246 g/mol. The summed E-state index contributed by atoms with van der Waals surface area (Å²) in [5, 5.41) is 0. The van der Waals surface area contributed by atoms with E-state index in [2.05, 4.69) is 43.0 Å². The maximum absolute atomic E-state index is 6.42. The van der Waals surface area contributed by atoms with Crippen molar-refractivity contribution in [1.29, 1.82) is 0 Å². The van der Waals surface area contributed by atoms with Crippen LogP contribution in [0.1, 0.15) is 50.3 Å². The largest absolute Gasteiger partial charge is 0.323 e. The van der Waals surface area contributed by atoms with E-state index in [9.17, 15) is 0 Å². The lowest BCUT2D eigenvalue weighted by Gasteiger charge is -2.35. The molecule has 100 valence electrons. The first-order valence-electron chi connectivity index (χ1n) is 7.31. The molecule has 2 heteroatoms. The van der Waals surface area contributed by atoms with E-state index >= 15 is 0 Å². The number of hydrogen-bond acceptors (Lipinski definition) is 2. The first kappa shape index (κ1) is 13.6. The molecule has 2 nitrogen and oxygen atoms in total. The van der Waals surface area contributed by atoms with Gasteiger partial charge in [-0.2, -0.15) is 0 Å². The Bertz CT molecular complexity index is 352. The molecule has 0 saturated carbocycles. The maximum atomic E-state index is 6.42. The van der Waals surface area contributed by atoms with E-state index in [4.69, 9.17) is 5.73 Å². The van der Waals surface area contributed by atoms with Crippen molar-refractivity contribution in [3.63, 3.8) is 0 Å². The fourth-order valence-electron chi connectivity index (χ4n) is 2.81. The number of aryl methyl sites for hydroxylation is 1. The summed E-state index contributed by atoms with van der Waals surface area (Å²) in [7, 11) is 0. The Hall–Kier alpha value is -0.860. The van der Waals surface area contributed by atoms with E-state index in [0.717, 1.165) is 6.42 Å². The van der Waals surface area contributed by atoms with E-state index in [-0.39, 0.29) is 6.04 Å². The second-order valence-corrected chi connectivity index (χ2v) is 5.46. The molecule has 1 aromatic rings. The van der Waals surface area contributed by atoms with Crippen molar-refractivity contribution in [2.75, 3.05) is 13.1 Å². The molecule has 1 fully saturated rings. The van der Waals surface area contributed by atoms with Gasteiger partial charge in [0, 0.05) is 12.1 Å². The van der Waals surface area contributed by atoms with E-state index < -0.39 is 0 Å². The van der Waals surface area contributed by atoms with Gasteiger partial charge in [0.2, 0.25) is 0 Å². The number of likely N-dealkylation sites (tertiary alicyclic amines) is 1. The molecule has 2 unspecified atom stereocenters. The number of piperidine rings is 1. The zero-order valence-electron chi connectivity index (χ0n) is 11.7. The van der Waals surface area contributed by atoms with Gasteiger partial charge in [0.05, 0.1) is 0 Å². The highest BCUT2D eigenvalue weighted by molar-refractivity contribution is 5.25. The Kier molecular flexibility index (Phi) is 4.79. The molecular formula is C16H26N2. The third kappa shape index (κ3) is 3.12. The fourth-order valence-corrected chi connectivity index (χ4v) is 2.81. The standard InChI is InChI=1S/C16H26N2/c1-3-14-7-9-15(10-8-14)16(17)13(2)18-11-5-4-6-12-18/h7-10,13,16H,3-6,11-12,17H2,1-2H3. The zero-order valence-corrected chi connectivity index (χ0v) is 11.7. The van der Waals surface area contributed by atoms with Crippen LogP contribution < -0.4 is 5.73 Å². The summed E-state index contributed by atoms with van der Waals surface area (Å²) in [6.45, 7) is 6.87. The van der Waals surface area contributed by atoms with Crippen molar-refractivity contribution < 1.29 is 0 Å². The summed E-state index contributed by atoms with van der Waals surface area (Å²) in [4.78, 5) is 2.54. The second-order valence-electron chi connectivity index (χ2n) is 5.46. The van der Waals surface area contributed by atoms with Gasteiger partial charge in [-0.15, -0.1) is 0 Å². The van der Waals surface area contributed by atoms with E-state index in [1.807, 2.05) is 0 Å². The van der Waals surface area contributed by atoms with Crippen LogP contribution in [0.2, 0.25) is 0 Å². The monoisotopic (exact) mass is 246 g/mol. The topological polar surface area (TPSA) is 29.3 Å². The maximum Gasteiger partial charge on any atom is 0.0450 e. The lowest BCUT2D eigenvalue weighted by atomic mass is 9.97. The molecule has 0 aromatic heterocycles. The van der Waals surface area contributed by atoms with E-state index in [0.29, 0.717) is 6.04 Å². The van der Waals surface area contributed by atoms with Gasteiger partial charge in [-0.05, 0) is 50.4 Å². The minimum absolute atomic E-state index is 0.133. The van der Waals surface area contributed by atoms with Crippen LogP contribution in [0.3, 0.4) is 0 Å². The van der Waals surface area contributed by atoms with Crippen LogP contribution in [0.15, 0.2) is 24.3 Å². The van der Waals surface area contributed by atoms with Crippen molar-refractivity contribution in [2.24, 2.45) is 5.73 Å². The van der Waals surface area contributed by atoms with Gasteiger partial charge >= 0.3 is 0 Å². The summed E-state index contributed by atoms with van der Waals surface area (Å²) in [6, 6.07) is 9.39. The fraction of sp³-hybridized carbons (Fsp3) is 0.625. The molecule has 2 N–H and O–H groups in total. The molecule has 18 heavy (non-hydrogen) atoms. The summed E-state index contributed by atoms with van der Waals surface area (Å²) in [5.41, 5.74) is 9.07. The van der Waals surface area contributed by atoms with Gasteiger partial charge in [-0.1, -0.05) is 37.6 Å². The minimum Gasteiger partial charge on any atom is -0.323 e. The van der Waals surface area contributed by atoms with Gasteiger partial charge in [0.1, 0.15) is 0 Å². The molecule has 0 aliphatic carbocycles. The number of rotatable bonds is 4. The first-order chi connectivity index (χ1) is 8.72. The third-order valence-corrected chi connectivity index (χ3v) is 4.26. The van der Waals surface area contributed by atoms with Crippen LogP contribution in [0.5, 0.6) is 0 Å². The van der Waals surface area contributed by atoms with E-state index in [1.54, 1.807) is 0 Å². The molecule has 2 rings (SSSR count). The van der Waals surface area contributed by atoms with Crippen molar-refractivity contribution >= 4 is 0 Å². The van der Waals surface area contributed by atoms with Crippen molar-refractivity contribution in [3.05, 3.63) is 35.4 Å². The lowest BCUT2D eigenvalue weighted by molar-refractivity contribution is 0.154. The van der Waals surface area contributed by atoms with Crippen LogP contribution in [-0.2, 0) is 6.42 Å². The highest BCUT2D eigenvalue weighted by atomic mass is 15.2. The van der Waals surface area contributed by atoms with E-state index in [1.165, 1.54) is 43.5 Å². The second kappa shape index (κ2) is 6.35. The Morgan fingerprint density at radius 2 is 1.72 bits per heavy atom. The van der Waals surface area contributed by atoms with Gasteiger partial charge in [0.25, 0.3) is 0 Å². The predicted octanol–water partition coefficient (Wildman–Crippen LogP) is 3.12. The number of nitrogens with zero attached hydrogens (tertiary/aromatic N) is 1. The summed E-state index contributed by atoms with van der Waals surface area (Å²) < 4.78 is 0. The minimum atomic E-state index is 0.133. The molecule has 2 atom stereocenters. The first-order valence-corrected chi connectivity index (χ1v) is 7.31. The molecule has 0 radical (unpaired) electrons. The Labute approximate surface area is 111 Å². The molecule has 1 aliphatic heterocycles. The van der Waals surface area contributed by atoms with Crippen molar-refractivity contribution in [1.82, 2.24) is 4.90 Å².